The van der Waals surface area contributed by atoms with E-state index in [1.54, 1.807) is 36.0 Å². The van der Waals surface area contributed by atoms with Crippen LogP contribution in [-0.4, -0.2) is 35.6 Å². The monoisotopic (exact) mass is 466 g/mol. The van der Waals surface area contributed by atoms with Crippen molar-refractivity contribution < 1.29 is 14.3 Å². The molecule has 0 spiro atoms. The lowest BCUT2D eigenvalue weighted by atomic mass is 10.1. The molecule has 1 aliphatic heterocycles. The Morgan fingerprint density at radius 1 is 1.03 bits per heavy atom. The SMILES string of the molecule is O=C(NCCOc1ccccc1Cl)c1ccc(C2SCC(=O)N2Cc2ccccc2)cc1. The molecule has 0 saturated carbocycles. The zero-order valence-electron chi connectivity index (χ0n) is 17.4. The Bertz CT molecular complexity index is 1080. The highest BCUT2D eigenvalue weighted by Gasteiger charge is 2.32. The van der Waals surface area contributed by atoms with Gasteiger partial charge in [-0.15, -0.1) is 11.8 Å². The minimum atomic E-state index is -0.171. The Hall–Kier alpha value is -2.96. The van der Waals surface area contributed by atoms with Crippen molar-refractivity contribution in [1.82, 2.24) is 10.2 Å². The summed E-state index contributed by atoms with van der Waals surface area (Å²) in [6, 6.07) is 24.6. The van der Waals surface area contributed by atoms with Crippen LogP contribution in [0.25, 0.3) is 0 Å². The molecular weight excluding hydrogens is 444 g/mol. The van der Waals surface area contributed by atoms with Crippen LogP contribution in [0.4, 0.5) is 0 Å². The third-order valence-corrected chi connectivity index (χ3v) is 6.67. The summed E-state index contributed by atoms with van der Waals surface area (Å²) in [5, 5.41) is 3.34. The van der Waals surface area contributed by atoms with Gasteiger partial charge in [0, 0.05) is 12.1 Å². The minimum absolute atomic E-state index is 0.0520. The Morgan fingerprint density at radius 3 is 2.50 bits per heavy atom. The number of nitrogens with one attached hydrogen (secondary N) is 1. The first kappa shape index (κ1) is 22.2. The number of ether oxygens (including phenoxy) is 1. The molecule has 0 bridgehead atoms. The number of para-hydroxylation sites is 1. The second kappa shape index (κ2) is 10.6. The van der Waals surface area contributed by atoms with Crippen LogP contribution in [0.1, 0.15) is 26.9 Å². The van der Waals surface area contributed by atoms with Gasteiger partial charge in [0.05, 0.1) is 17.3 Å². The maximum absolute atomic E-state index is 12.5. The fraction of sp³-hybridized carbons (Fsp3) is 0.200. The van der Waals surface area contributed by atoms with E-state index in [1.807, 2.05) is 59.5 Å². The highest BCUT2D eigenvalue weighted by atomic mass is 35.5. The maximum atomic E-state index is 12.5. The van der Waals surface area contributed by atoms with Gasteiger partial charge >= 0.3 is 0 Å². The number of carbonyl (C=O) groups excluding carboxylic acids is 2. The van der Waals surface area contributed by atoms with Crippen molar-refractivity contribution in [2.45, 2.75) is 11.9 Å². The summed E-state index contributed by atoms with van der Waals surface area (Å²) < 4.78 is 5.59. The molecule has 1 N–H and O–H groups in total. The molecule has 7 heteroatoms. The molecule has 1 atom stereocenters. The van der Waals surface area contributed by atoms with E-state index in [1.165, 1.54) is 0 Å². The predicted molar refractivity (Wildman–Crippen MR) is 128 cm³/mol. The van der Waals surface area contributed by atoms with Crippen molar-refractivity contribution in [1.29, 1.82) is 0 Å². The number of benzene rings is 3. The number of carbonyl (C=O) groups is 2. The van der Waals surface area contributed by atoms with Crippen LogP contribution >= 0.6 is 23.4 Å². The van der Waals surface area contributed by atoms with Crippen LogP contribution in [0.2, 0.25) is 5.02 Å². The average Bonchev–Trinajstić information content (AvgIpc) is 3.18. The van der Waals surface area contributed by atoms with Gasteiger partial charge in [0.1, 0.15) is 17.7 Å². The molecule has 32 heavy (non-hydrogen) atoms. The van der Waals surface area contributed by atoms with Crippen molar-refractivity contribution >= 4 is 35.2 Å². The molecule has 5 nitrogen and oxygen atoms in total. The first-order valence-corrected chi connectivity index (χ1v) is 11.7. The van der Waals surface area contributed by atoms with Gasteiger partial charge in [0.15, 0.2) is 0 Å². The predicted octanol–water partition coefficient (Wildman–Crippen LogP) is 4.92. The van der Waals surface area contributed by atoms with Crippen LogP contribution in [0, 0.1) is 0 Å². The smallest absolute Gasteiger partial charge is 0.251 e. The van der Waals surface area contributed by atoms with Crippen LogP contribution in [0.3, 0.4) is 0 Å². The third kappa shape index (κ3) is 5.44. The molecule has 1 saturated heterocycles. The fourth-order valence-electron chi connectivity index (χ4n) is 3.47. The second-order valence-electron chi connectivity index (χ2n) is 7.33. The van der Waals surface area contributed by atoms with Crippen LogP contribution < -0.4 is 10.1 Å². The summed E-state index contributed by atoms with van der Waals surface area (Å²) >= 11 is 7.67. The zero-order valence-corrected chi connectivity index (χ0v) is 18.9. The number of amides is 2. The number of nitrogens with zero attached hydrogens (tertiary/aromatic N) is 1. The quantitative estimate of drug-likeness (QED) is 0.478. The molecule has 4 rings (SSSR count). The molecule has 0 aliphatic carbocycles. The molecular formula is C25H23ClN2O3S. The van der Waals surface area contributed by atoms with E-state index in [0.717, 1.165) is 11.1 Å². The lowest BCUT2D eigenvalue weighted by Gasteiger charge is -2.24. The Kier molecular flexibility index (Phi) is 7.35. The molecule has 1 aliphatic rings. The van der Waals surface area contributed by atoms with E-state index in [0.29, 0.717) is 41.8 Å². The van der Waals surface area contributed by atoms with Crippen molar-refractivity contribution in [2.75, 3.05) is 18.9 Å². The number of hydrogen-bond acceptors (Lipinski definition) is 4. The van der Waals surface area contributed by atoms with Gasteiger partial charge in [-0.25, -0.2) is 0 Å². The van der Waals surface area contributed by atoms with Crippen molar-refractivity contribution in [2.24, 2.45) is 0 Å². The van der Waals surface area contributed by atoms with Crippen molar-refractivity contribution in [3.05, 3.63) is 101 Å². The second-order valence-corrected chi connectivity index (χ2v) is 8.80. The molecule has 164 valence electrons. The third-order valence-electron chi connectivity index (χ3n) is 5.10. The van der Waals surface area contributed by atoms with Crippen molar-refractivity contribution in [3.63, 3.8) is 0 Å². The molecule has 2 amide bonds. The maximum Gasteiger partial charge on any atom is 0.251 e. The van der Waals surface area contributed by atoms with Gasteiger partial charge in [-0.1, -0.05) is 66.2 Å². The summed E-state index contributed by atoms with van der Waals surface area (Å²) in [4.78, 5) is 26.8. The van der Waals surface area contributed by atoms with Gasteiger partial charge in [-0.2, -0.15) is 0 Å². The van der Waals surface area contributed by atoms with E-state index < -0.39 is 0 Å². The number of thioether (sulfide) groups is 1. The van der Waals surface area contributed by atoms with Gasteiger partial charge in [-0.05, 0) is 35.4 Å². The van der Waals surface area contributed by atoms with E-state index in [9.17, 15) is 9.59 Å². The molecule has 3 aromatic rings. The highest BCUT2D eigenvalue weighted by Crippen LogP contribution is 2.39. The standard InChI is InChI=1S/C25H23ClN2O3S/c26-21-8-4-5-9-22(21)31-15-14-27-24(30)19-10-12-20(13-11-19)25-28(23(29)17-32-25)16-18-6-2-1-3-7-18/h1-13,25H,14-17H2,(H,27,30). The molecule has 1 fully saturated rings. The molecule has 3 aromatic carbocycles. The Labute approximate surface area is 196 Å². The first-order valence-electron chi connectivity index (χ1n) is 10.3. The van der Waals surface area contributed by atoms with Gasteiger partial charge < -0.3 is 15.0 Å². The summed E-state index contributed by atoms with van der Waals surface area (Å²) in [6.45, 7) is 1.26. The lowest BCUT2D eigenvalue weighted by molar-refractivity contribution is -0.128. The molecule has 1 heterocycles. The molecule has 1 unspecified atom stereocenters. The average molecular weight is 467 g/mol. The highest BCUT2D eigenvalue weighted by molar-refractivity contribution is 8.00. The summed E-state index contributed by atoms with van der Waals surface area (Å²) in [5.41, 5.74) is 2.68. The van der Waals surface area contributed by atoms with Gasteiger partial charge in [0.2, 0.25) is 5.91 Å². The Morgan fingerprint density at radius 2 is 1.75 bits per heavy atom. The molecule has 0 radical (unpaired) electrons. The van der Waals surface area contributed by atoms with E-state index in [-0.39, 0.29) is 17.2 Å². The lowest BCUT2D eigenvalue weighted by Crippen LogP contribution is -2.28. The van der Waals surface area contributed by atoms with Gasteiger partial charge in [0.25, 0.3) is 5.91 Å². The summed E-state index contributed by atoms with van der Waals surface area (Å²) in [6.07, 6.45) is 0. The fourth-order valence-corrected chi connectivity index (χ4v) is 4.85. The normalized spacial score (nSPS) is 15.6. The summed E-state index contributed by atoms with van der Waals surface area (Å²) in [7, 11) is 0. The van der Waals surface area contributed by atoms with Crippen LogP contribution in [0.5, 0.6) is 5.75 Å². The molecule has 0 aromatic heterocycles. The van der Waals surface area contributed by atoms with Gasteiger partial charge in [-0.3, -0.25) is 9.59 Å². The van der Waals surface area contributed by atoms with Crippen molar-refractivity contribution in [3.8, 4) is 5.75 Å². The topological polar surface area (TPSA) is 58.6 Å². The van der Waals surface area contributed by atoms with E-state index >= 15 is 0 Å². The van der Waals surface area contributed by atoms with E-state index in [4.69, 9.17) is 16.3 Å². The van der Waals surface area contributed by atoms with Crippen LogP contribution in [-0.2, 0) is 11.3 Å². The number of rotatable bonds is 8. The number of halogens is 1. The minimum Gasteiger partial charge on any atom is -0.490 e. The number of hydrogen-bond donors (Lipinski definition) is 1. The largest absolute Gasteiger partial charge is 0.490 e. The zero-order chi connectivity index (χ0) is 22.3. The Balaban J connectivity index is 1.32. The van der Waals surface area contributed by atoms with Crippen LogP contribution in [0.15, 0.2) is 78.9 Å². The summed E-state index contributed by atoms with van der Waals surface area (Å²) in [5.74, 6) is 1.02. The first-order chi connectivity index (χ1) is 15.6. The van der Waals surface area contributed by atoms with E-state index in [2.05, 4.69) is 5.32 Å².